The minimum absolute atomic E-state index is 0.360. The Bertz CT molecular complexity index is 379. The molecule has 0 amide bonds. The predicted octanol–water partition coefficient (Wildman–Crippen LogP) is 1.78. The van der Waals surface area contributed by atoms with Gasteiger partial charge in [0, 0.05) is 31.7 Å². The maximum atomic E-state index is 5.67. The summed E-state index contributed by atoms with van der Waals surface area (Å²) >= 11 is 0. The summed E-state index contributed by atoms with van der Waals surface area (Å²) in [5.74, 6) is 0.942. The van der Waals surface area contributed by atoms with Gasteiger partial charge in [-0.05, 0) is 6.42 Å². The summed E-state index contributed by atoms with van der Waals surface area (Å²) in [4.78, 5) is 2.37. The molecule has 1 aromatic rings. The van der Waals surface area contributed by atoms with E-state index in [1.54, 1.807) is 0 Å². The fraction of sp³-hybridized carbons (Fsp3) is 0.786. The Morgan fingerprint density at radius 2 is 2.37 bits per heavy atom. The SMILES string of the molecule is CCC1CN(Cc2cc(CNC(C)C)no2)CCO1. The number of morpholine rings is 1. The first kappa shape index (κ1) is 14.5. The quantitative estimate of drug-likeness (QED) is 0.851. The Morgan fingerprint density at radius 3 is 3.11 bits per heavy atom. The third kappa shape index (κ3) is 4.60. The van der Waals surface area contributed by atoms with Gasteiger partial charge in [0.05, 0.1) is 24.9 Å². The van der Waals surface area contributed by atoms with Crippen LogP contribution in [0.2, 0.25) is 0 Å². The van der Waals surface area contributed by atoms with Crippen molar-refractivity contribution < 1.29 is 9.26 Å². The molecule has 1 N–H and O–H groups in total. The lowest BCUT2D eigenvalue weighted by atomic mass is 10.2. The third-order valence-electron chi connectivity index (χ3n) is 3.36. The molecule has 108 valence electrons. The van der Waals surface area contributed by atoms with Crippen molar-refractivity contribution in [2.45, 2.75) is 52.4 Å². The first-order valence-electron chi connectivity index (χ1n) is 7.19. The molecule has 1 aromatic heterocycles. The molecular formula is C14H25N3O2. The van der Waals surface area contributed by atoms with E-state index in [2.05, 4.69) is 36.1 Å². The van der Waals surface area contributed by atoms with Crippen LogP contribution >= 0.6 is 0 Å². The van der Waals surface area contributed by atoms with E-state index in [9.17, 15) is 0 Å². The molecule has 1 saturated heterocycles. The van der Waals surface area contributed by atoms with Gasteiger partial charge in [-0.1, -0.05) is 25.9 Å². The summed E-state index contributed by atoms with van der Waals surface area (Å²) in [5, 5.41) is 7.44. The zero-order chi connectivity index (χ0) is 13.7. The standard InChI is InChI=1S/C14H25N3O2/c1-4-13-9-17(5-6-18-13)10-14-7-12(16-19-14)8-15-11(2)3/h7,11,13,15H,4-6,8-10H2,1-3H3. The van der Waals surface area contributed by atoms with E-state index in [1.807, 2.05) is 6.07 Å². The summed E-state index contributed by atoms with van der Waals surface area (Å²) in [5.41, 5.74) is 0.976. The van der Waals surface area contributed by atoms with Crippen LogP contribution in [-0.2, 0) is 17.8 Å². The minimum Gasteiger partial charge on any atom is -0.376 e. The largest absolute Gasteiger partial charge is 0.376 e. The van der Waals surface area contributed by atoms with Crippen molar-refractivity contribution in [2.24, 2.45) is 0 Å². The van der Waals surface area contributed by atoms with Crippen molar-refractivity contribution in [3.8, 4) is 0 Å². The van der Waals surface area contributed by atoms with Crippen molar-refractivity contribution in [1.29, 1.82) is 0 Å². The van der Waals surface area contributed by atoms with Gasteiger partial charge in [-0.2, -0.15) is 0 Å². The summed E-state index contributed by atoms with van der Waals surface area (Å²) < 4.78 is 11.1. The third-order valence-corrected chi connectivity index (χ3v) is 3.36. The molecule has 1 aliphatic heterocycles. The Hall–Kier alpha value is -0.910. The molecule has 1 atom stereocenters. The molecule has 19 heavy (non-hydrogen) atoms. The molecule has 0 aliphatic carbocycles. The zero-order valence-corrected chi connectivity index (χ0v) is 12.2. The van der Waals surface area contributed by atoms with E-state index in [0.717, 1.165) is 50.7 Å². The van der Waals surface area contributed by atoms with Crippen LogP contribution in [0, 0.1) is 0 Å². The van der Waals surface area contributed by atoms with E-state index in [1.165, 1.54) is 0 Å². The first-order valence-corrected chi connectivity index (χ1v) is 7.19. The molecule has 1 aliphatic rings. The Morgan fingerprint density at radius 1 is 1.53 bits per heavy atom. The highest BCUT2D eigenvalue weighted by molar-refractivity contribution is 5.05. The second kappa shape index (κ2) is 7.03. The molecule has 2 rings (SSSR count). The second-order valence-corrected chi connectivity index (χ2v) is 5.46. The van der Waals surface area contributed by atoms with Crippen LogP contribution in [0.4, 0.5) is 0 Å². The van der Waals surface area contributed by atoms with Crippen LogP contribution in [0.25, 0.3) is 0 Å². The molecule has 2 heterocycles. The monoisotopic (exact) mass is 267 g/mol. The van der Waals surface area contributed by atoms with E-state index in [-0.39, 0.29) is 0 Å². The highest BCUT2D eigenvalue weighted by Gasteiger charge is 2.20. The lowest BCUT2D eigenvalue weighted by Crippen LogP contribution is -2.41. The lowest BCUT2D eigenvalue weighted by Gasteiger charge is -2.31. The van der Waals surface area contributed by atoms with Crippen molar-refractivity contribution in [1.82, 2.24) is 15.4 Å². The molecule has 1 fully saturated rings. The van der Waals surface area contributed by atoms with Crippen molar-refractivity contribution in [2.75, 3.05) is 19.7 Å². The van der Waals surface area contributed by atoms with Crippen molar-refractivity contribution in [3.63, 3.8) is 0 Å². The van der Waals surface area contributed by atoms with Crippen LogP contribution in [0.5, 0.6) is 0 Å². The van der Waals surface area contributed by atoms with Gasteiger partial charge in [0.15, 0.2) is 5.76 Å². The van der Waals surface area contributed by atoms with E-state index in [0.29, 0.717) is 12.1 Å². The number of rotatable bonds is 6. The van der Waals surface area contributed by atoms with Crippen LogP contribution in [0.15, 0.2) is 10.6 Å². The van der Waals surface area contributed by atoms with E-state index < -0.39 is 0 Å². The fourth-order valence-electron chi connectivity index (χ4n) is 2.21. The average molecular weight is 267 g/mol. The topological polar surface area (TPSA) is 50.5 Å². The number of hydrogen-bond donors (Lipinski definition) is 1. The van der Waals surface area contributed by atoms with Gasteiger partial charge in [0.2, 0.25) is 0 Å². The summed E-state index contributed by atoms with van der Waals surface area (Å²) in [6.45, 7) is 10.8. The first-order chi connectivity index (χ1) is 9.17. The van der Waals surface area contributed by atoms with Gasteiger partial charge in [0.1, 0.15) is 0 Å². The average Bonchev–Trinajstić information content (AvgIpc) is 2.84. The Labute approximate surface area is 115 Å². The van der Waals surface area contributed by atoms with Gasteiger partial charge in [-0.15, -0.1) is 0 Å². The van der Waals surface area contributed by atoms with E-state index >= 15 is 0 Å². The molecule has 0 saturated carbocycles. The van der Waals surface area contributed by atoms with Crippen LogP contribution in [-0.4, -0.2) is 41.9 Å². The molecule has 1 unspecified atom stereocenters. The molecule has 0 aromatic carbocycles. The van der Waals surface area contributed by atoms with Gasteiger partial charge < -0.3 is 14.6 Å². The molecule has 5 heteroatoms. The molecule has 0 spiro atoms. The van der Waals surface area contributed by atoms with Gasteiger partial charge >= 0.3 is 0 Å². The van der Waals surface area contributed by atoms with Gasteiger partial charge in [-0.25, -0.2) is 0 Å². The van der Waals surface area contributed by atoms with Crippen molar-refractivity contribution in [3.05, 3.63) is 17.5 Å². The number of ether oxygens (including phenoxy) is 1. The Kier molecular flexibility index (Phi) is 5.36. The smallest absolute Gasteiger partial charge is 0.151 e. The molecular weight excluding hydrogens is 242 g/mol. The maximum Gasteiger partial charge on any atom is 0.151 e. The Balaban J connectivity index is 1.82. The van der Waals surface area contributed by atoms with Gasteiger partial charge in [0.25, 0.3) is 0 Å². The van der Waals surface area contributed by atoms with Crippen LogP contribution in [0.1, 0.15) is 38.6 Å². The van der Waals surface area contributed by atoms with Gasteiger partial charge in [-0.3, -0.25) is 4.90 Å². The minimum atomic E-state index is 0.360. The molecule has 0 radical (unpaired) electrons. The number of nitrogens with zero attached hydrogens (tertiary/aromatic N) is 2. The maximum absolute atomic E-state index is 5.67. The number of nitrogens with one attached hydrogen (secondary N) is 1. The summed E-state index contributed by atoms with van der Waals surface area (Å²) in [6, 6.07) is 2.51. The molecule has 0 bridgehead atoms. The van der Waals surface area contributed by atoms with Crippen molar-refractivity contribution >= 4 is 0 Å². The number of aromatic nitrogens is 1. The molecule has 5 nitrogen and oxygen atoms in total. The highest BCUT2D eigenvalue weighted by Crippen LogP contribution is 2.13. The normalized spacial score (nSPS) is 21.2. The lowest BCUT2D eigenvalue weighted by molar-refractivity contribution is -0.0346. The second-order valence-electron chi connectivity index (χ2n) is 5.46. The van der Waals surface area contributed by atoms with Crippen LogP contribution in [0.3, 0.4) is 0 Å². The zero-order valence-electron chi connectivity index (χ0n) is 12.2. The number of hydrogen-bond acceptors (Lipinski definition) is 5. The van der Waals surface area contributed by atoms with E-state index in [4.69, 9.17) is 9.26 Å². The van der Waals surface area contributed by atoms with Crippen LogP contribution < -0.4 is 5.32 Å². The fourth-order valence-corrected chi connectivity index (χ4v) is 2.21. The summed E-state index contributed by atoms with van der Waals surface area (Å²) in [6.07, 6.45) is 1.43. The summed E-state index contributed by atoms with van der Waals surface area (Å²) in [7, 11) is 0. The highest BCUT2D eigenvalue weighted by atomic mass is 16.5. The predicted molar refractivity (Wildman–Crippen MR) is 73.8 cm³/mol.